The highest BCUT2D eigenvalue weighted by molar-refractivity contribution is 6.74. The Hall–Kier alpha value is -1.41. The van der Waals surface area contributed by atoms with Gasteiger partial charge in [-0.25, -0.2) is 0 Å². The molecule has 2 heterocycles. The van der Waals surface area contributed by atoms with Crippen LogP contribution in [0.1, 0.15) is 33.3 Å². The van der Waals surface area contributed by atoms with Crippen molar-refractivity contribution in [2.75, 3.05) is 19.8 Å². The average Bonchev–Trinajstić information content (AvgIpc) is 3.01. The molecule has 28 heavy (non-hydrogen) atoms. The molecule has 0 bridgehead atoms. The van der Waals surface area contributed by atoms with Crippen molar-refractivity contribution in [3.8, 4) is 5.75 Å². The molecule has 0 saturated heterocycles. The number of ether oxygens (including phenoxy) is 2. The van der Waals surface area contributed by atoms with Gasteiger partial charge in [0.15, 0.2) is 8.32 Å². The fourth-order valence-corrected chi connectivity index (χ4v) is 4.90. The van der Waals surface area contributed by atoms with Crippen LogP contribution >= 0.6 is 0 Å². The molecule has 0 aliphatic carbocycles. The number of fused-ring (bicyclic) bond motifs is 3. The molecule has 2 unspecified atom stereocenters. The monoisotopic (exact) mass is 406 g/mol. The second-order valence-corrected chi connectivity index (χ2v) is 14.0. The standard InChI is InChI=1S/C21H34N2O4Si/c1-15(27-28(5,6)21(2,3)4)13-23-20-16(12-22-23)7-8-19-18(20)11-17(14-26-19)25-10-9-24/h7-8,12,15,17,24H,9-11,13-14H2,1-6H3. The Balaban J connectivity index is 1.83. The molecule has 2 atom stereocenters. The van der Waals surface area contributed by atoms with Gasteiger partial charge < -0.3 is 19.0 Å². The van der Waals surface area contributed by atoms with Crippen LogP contribution in [0.2, 0.25) is 18.1 Å². The van der Waals surface area contributed by atoms with E-state index in [1.807, 2.05) is 16.9 Å². The van der Waals surface area contributed by atoms with Crippen molar-refractivity contribution in [2.45, 2.75) is 71.0 Å². The first-order valence-electron chi connectivity index (χ1n) is 10.1. The minimum atomic E-state index is -1.83. The van der Waals surface area contributed by atoms with Crippen LogP contribution in [0.4, 0.5) is 0 Å². The van der Waals surface area contributed by atoms with Gasteiger partial charge in [-0.1, -0.05) is 20.8 Å². The summed E-state index contributed by atoms with van der Waals surface area (Å²) in [6.45, 7) is 15.0. The van der Waals surface area contributed by atoms with Crippen LogP contribution in [0.5, 0.6) is 5.75 Å². The molecule has 156 valence electrons. The van der Waals surface area contributed by atoms with Crippen molar-refractivity contribution in [1.82, 2.24) is 9.78 Å². The maximum Gasteiger partial charge on any atom is 0.192 e. The molecule has 2 aromatic rings. The fraction of sp³-hybridized carbons (Fsp3) is 0.667. The number of rotatable bonds is 7. The van der Waals surface area contributed by atoms with Crippen molar-refractivity contribution >= 4 is 19.2 Å². The van der Waals surface area contributed by atoms with Gasteiger partial charge in [-0.2, -0.15) is 5.10 Å². The topological polar surface area (TPSA) is 65.7 Å². The van der Waals surface area contributed by atoms with E-state index in [4.69, 9.17) is 19.0 Å². The minimum Gasteiger partial charge on any atom is -0.491 e. The van der Waals surface area contributed by atoms with E-state index in [2.05, 4.69) is 52.0 Å². The van der Waals surface area contributed by atoms with Gasteiger partial charge in [0.25, 0.3) is 0 Å². The Bertz CT molecular complexity index is 813. The molecule has 6 nitrogen and oxygen atoms in total. The summed E-state index contributed by atoms with van der Waals surface area (Å²) in [4.78, 5) is 0. The molecule has 1 aliphatic heterocycles. The Morgan fingerprint density at radius 1 is 1.36 bits per heavy atom. The molecule has 0 radical (unpaired) electrons. The number of aromatic nitrogens is 2. The molecule has 1 aliphatic rings. The summed E-state index contributed by atoms with van der Waals surface area (Å²) in [5, 5.41) is 15.0. The zero-order valence-corrected chi connectivity index (χ0v) is 19.0. The lowest BCUT2D eigenvalue weighted by Gasteiger charge is -2.38. The quantitative estimate of drug-likeness (QED) is 0.709. The van der Waals surface area contributed by atoms with Gasteiger partial charge >= 0.3 is 0 Å². The maximum atomic E-state index is 9.03. The number of aliphatic hydroxyl groups is 1. The van der Waals surface area contributed by atoms with Crippen molar-refractivity contribution in [3.63, 3.8) is 0 Å². The normalized spacial score (nSPS) is 18.8. The molecular formula is C21H34N2O4Si. The number of hydrogen-bond acceptors (Lipinski definition) is 5. The summed E-state index contributed by atoms with van der Waals surface area (Å²) >= 11 is 0. The van der Waals surface area contributed by atoms with Gasteiger partial charge in [-0.05, 0) is 37.2 Å². The van der Waals surface area contributed by atoms with Crippen LogP contribution in [-0.4, -0.2) is 55.2 Å². The Labute approximate surface area is 168 Å². The maximum absolute atomic E-state index is 9.03. The number of benzene rings is 1. The third kappa shape index (κ3) is 4.43. The highest BCUT2D eigenvalue weighted by atomic mass is 28.4. The highest BCUT2D eigenvalue weighted by Gasteiger charge is 2.38. The van der Waals surface area contributed by atoms with Gasteiger partial charge in [0.1, 0.15) is 12.4 Å². The second kappa shape index (κ2) is 8.14. The van der Waals surface area contributed by atoms with Gasteiger partial charge in [0.05, 0.1) is 43.7 Å². The van der Waals surface area contributed by atoms with Crippen LogP contribution in [0.3, 0.4) is 0 Å². The number of hydrogen-bond donors (Lipinski definition) is 1. The van der Waals surface area contributed by atoms with E-state index < -0.39 is 8.32 Å². The molecule has 0 fully saturated rings. The smallest absolute Gasteiger partial charge is 0.192 e. The van der Waals surface area contributed by atoms with E-state index >= 15 is 0 Å². The summed E-state index contributed by atoms with van der Waals surface area (Å²) in [6, 6.07) is 4.08. The van der Waals surface area contributed by atoms with Gasteiger partial charge in [0.2, 0.25) is 0 Å². The minimum absolute atomic E-state index is 0.0216. The highest BCUT2D eigenvalue weighted by Crippen LogP contribution is 2.38. The first-order chi connectivity index (χ1) is 13.1. The van der Waals surface area contributed by atoms with Crippen LogP contribution < -0.4 is 4.74 Å². The molecule has 1 aromatic carbocycles. The molecule has 3 rings (SSSR count). The van der Waals surface area contributed by atoms with Crippen molar-refractivity contribution < 1.29 is 19.0 Å². The Morgan fingerprint density at radius 3 is 2.79 bits per heavy atom. The van der Waals surface area contributed by atoms with Crippen LogP contribution in [0, 0.1) is 0 Å². The predicted molar refractivity (Wildman–Crippen MR) is 114 cm³/mol. The van der Waals surface area contributed by atoms with Gasteiger partial charge in [-0.15, -0.1) is 0 Å². The fourth-order valence-electron chi connectivity index (χ4n) is 3.46. The zero-order chi connectivity index (χ0) is 20.5. The molecule has 1 aromatic heterocycles. The zero-order valence-electron chi connectivity index (χ0n) is 18.0. The molecule has 0 spiro atoms. The molecule has 0 amide bonds. The predicted octanol–water partition coefficient (Wildman–Crippen LogP) is 3.76. The third-order valence-electron chi connectivity index (χ3n) is 5.90. The molecular weight excluding hydrogens is 372 g/mol. The largest absolute Gasteiger partial charge is 0.491 e. The van der Waals surface area contributed by atoms with Crippen molar-refractivity contribution in [2.24, 2.45) is 0 Å². The average molecular weight is 407 g/mol. The van der Waals surface area contributed by atoms with E-state index in [9.17, 15) is 0 Å². The number of aliphatic hydroxyl groups excluding tert-OH is 1. The molecule has 1 N–H and O–H groups in total. The van der Waals surface area contributed by atoms with E-state index in [1.165, 1.54) is 0 Å². The van der Waals surface area contributed by atoms with Crippen molar-refractivity contribution in [3.05, 3.63) is 23.9 Å². The van der Waals surface area contributed by atoms with Gasteiger partial charge in [-0.3, -0.25) is 4.68 Å². The Morgan fingerprint density at radius 2 is 2.11 bits per heavy atom. The number of nitrogens with zero attached hydrogens (tertiary/aromatic N) is 2. The second-order valence-electron chi connectivity index (χ2n) is 9.23. The lowest BCUT2D eigenvalue weighted by molar-refractivity contribution is -0.00442. The summed E-state index contributed by atoms with van der Waals surface area (Å²) < 4.78 is 20.2. The summed E-state index contributed by atoms with van der Waals surface area (Å²) in [5.74, 6) is 0.899. The van der Waals surface area contributed by atoms with Crippen LogP contribution in [0.15, 0.2) is 18.3 Å². The van der Waals surface area contributed by atoms with Crippen LogP contribution in [-0.2, 0) is 22.1 Å². The van der Waals surface area contributed by atoms with Gasteiger partial charge in [0, 0.05) is 17.4 Å². The van der Waals surface area contributed by atoms with E-state index in [0.717, 1.165) is 28.6 Å². The van der Waals surface area contributed by atoms with E-state index in [1.54, 1.807) is 0 Å². The summed E-state index contributed by atoms with van der Waals surface area (Å²) in [7, 11) is -1.83. The lowest BCUT2D eigenvalue weighted by Crippen LogP contribution is -2.44. The van der Waals surface area contributed by atoms with Crippen LogP contribution in [0.25, 0.3) is 10.9 Å². The lowest BCUT2D eigenvalue weighted by atomic mass is 10.0. The third-order valence-corrected chi connectivity index (χ3v) is 10.5. The SMILES string of the molecule is CC(Cn1ncc2ccc3c(c21)CC(OCCO)CO3)O[Si](C)(C)C(C)(C)C. The summed E-state index contributed by atoms with van der Waals surface area (Å²) in [6.07, 6.45) is 2.70. The van der Waals surface area contributed by atoms with Crippen molar-refractivity contribution in [1.29, 1.82) is 0 Å². The van der Waals surface area contributed by atoms with E-state index in [-0.39, 0.29) is 23.9 Å². The summed E-state index contributed by atoms with van der Waals surface area (Å²) in [5.41, 5.74) is 2.23. The first-order valence-corrected chi connectivity index (χ1v) is 13.0. The van der Waals surface area contributed by atoms with E-state index in [0.29, 0.717) is 19.8 Å². The molecule has 7 heteroatoms. The Kier molecular flexibility index (Phi) is 6.19. The first kappa shape index (κ1) is 21.3. The molecule has 0 saturated carbocycles.